The van der Waals surface area contributed by atoms with Crippen LogP contribution in [-0.2, 0) is 26.2 Å². The van der Waals surface area contributed by atoms with E-state index in [1.165, 1.54) is 4.90 Å². The second-order valence-corrected chi connectivity index (χ2v) is 11.9. The second kappa shape index (κ2) is 10.8. The maximum absolute atomic E-state index is 13.6. The van der Waals surface area contributed by atoms with E-state index in [9.17, 15) is 18.0 Å². The van der Waals surface area contributed by atoms with Gasteiger partial charge in [-0.15, -0.1) is 0 Å². The maximum Gasteiger partial charge on any atom is 0.244 e. The molecule has 0 saturated carbocycles. The van der Waals surface area contributed by atoms with Crippen molar-refractivity contribution >= 4 is 39.1 Å². The fourth-order valence-electron chi connectivity index (χ4n) is 3.41. The lowest BCUT2D eigenvalue weighted by Crippen LogP contribution is -2.54. The van der Waals surface area contributed by atoms with Gasteiger partial charge in [0.2, 0.25) is 21.8 Å². The number of anilines is 1. The topological polar surface area (TPSA) is 86.8 Å². The minimum Gasteiger partial charge on any atom is -0.350 e. The van der Waals surface area contributed by atoms with E-state index < -0.39 is 34.1 Å². The monoisotopic (exact) mass is 507 g/mol. The fraction of sp³-hybridized carbons (Fsp3) is 0.440. The van der Waals surface area contributed by atoms with Crippen molar-refractivity contribution in [3.63, 3.8) is 0 Å². The molecule has 0 saturated heterocycles. The lowest BCUT2D eigenvalue weighted by molar-refractivity contribution is -0.140. The largest absolute Gasteiger partial charge is 0.350 e. The van der Waals surface area contributed by atoms with E-state index in [0.717, 1.165) is 21.7 Å². The number of carbonyl (C=O) groups excluding carboxylic acids is 2. The Morgan fingerprint density at radius 2 is 1.65 bits per heavy atom. The van der Waals surface area contributed by atoms with E-state index in [-0.39, 0.29) is 12.5 Å². The highest BCUT2D eigenvalue weighted by Crippen LogP contribution is 2.28. The second-order valence-electron chi connectivity index (χ2n) is 9.58. The van der Waals surface area contributed by atoms with Crippen molar-refractivity contribution < 1.29 is 18.0 Å². The number of amides is 2. The van der Waals surface area contributed by atoms with Gasteiger partial charge in [-0.2, -0.15) is 0 Å². The predicted molar refractivity (Wildman–Crippen MR) is 137 cm³/mol. The van der Waals surface area contributed by atoms with Gasteiger partial charge in [0, 0.05) is 17.1 Å². The van der Waals surface area contributed by atoms with Gasteiger partial charge in [-0.3, -0.25) is 13.9 Å². The molecule has 0 unspecified atom stereocenters. The van der Waals surface area contributed by atoms with Gasteiger partial charge < -0.3 is 10.2 Å². The number of nitrogens with zero attached hydrogens (tertiary/aromatic N) is 2. The molecule has 186 valence electrons. The third-order valence-electron chi connectivity index (χ3n) is 5.33. The Bertz CT molecular complexity index is 1140. The van der Waals surface area contributed by atoms with Crippen LogP contribution in [0.3, 0.4) is 0 Å². The Balaban J connectivity index is 2.44. The third-order valence-corrected chi connectivity index (χ3v) is 6.86. The highest BCUT2D eigenvalue weighted by atomic mass is 35.5. The standard InChI is InChI=1S/C25H34ClN3O4S/c1-17-11-13-20(14-12-17)15-28(19(3)24(31)27-25(4,5)6)23(30)16-29(34(7,32)33)22-10-8-9-21(26)18(22)2/h8-14,19H,15-16H2,1-7H3,(H,27,31)/t19-/m0/s1. The van der Waals surface area contributed by atoms with Crippen LogP contribution >= 0.6 is 11.6 Å². The van der Waals surface area contributed by atoms with E-state index >= 15 is 0 Å². The molecule has 2 aromatic rings. The van der Waals surface area contributed by atoms with Gasteiger partial charge in [0.25, 0.3) is 0 Å². The highest BCUT2D eigenvalue weighted by molar-refractivity contribution is 7.92. The van der Waals surface area contributed by atoms with Gasteiger partial charge in [-0.25, -0.2) is 8.42 Å². The smallest absolute Gasteiger partial charge is 0.244 e. The summed E-state index contributed by atoms with van der Waals surface area (Å²) in [6.45, 7) is 10.6. The summed E-state index contributed by atoms with van der Waals surface area (Å²) in [4.78, 5) is 27.9. The zero-order valence-electron chi connectivity index (χ0n) is 20.8. The number of benzene rings is 2. The van der Waals surface area contributed by atoms with Crippen LogP contribution in [-0.4, -0.2) is 49.5 Å². The van der Waals surface area contributed by atoms with Crippen LogP contribution in [0.1, 0.15) is 44.4 Å². The molecule has 2 rings (SSSR count). The molecule has 0 heterocycles. The number of hydrogen-bond donors (Lipinski definition) is 1. The quantitative estimate of drug-likeness (QED) is 0.583. The van der Waals surface area contributed by atoms with Crippen molar-refractivity contribution in [2.24, 2.45) is 0 Å². The summed E-state index contributed by atoms with van der Waals surface area (Å²) in [5, 5.41) is 3.30. The first-order valence-electron chi connectivity index (χ1n) is 11.0. The van der Waals surface area contributed by atoms with Crippen molar-refractivity contribution in [1.82, 2.24) is 10.2 Å². The first-order valence-corrected chi connectivity index (χ1v) is 13.2. The molecule has 0 aromatic heterocycles. The van der Waals surface area contributed by atoms with Crippen molar-refractivity contribution in [3.05, 3.63) is 64.2 Å². The Kier molecular flexibility index (Phi) is 8.77. The minimum atomic E-state index is -3.81. The Hall–Kier alpha value is -2.58. The molecule has 7 nitrogen and oxygen atoms in total. The molecule has 0 spiro atoms. The van der Waals surface area contributed by atoms with Crippen LogP contribution in [0.2, 0.25) is 5.02 Å². The molecule has 0 fully saturated rings. The fourth-order valence-corrected chi connectivity index (χ4v) is 4.48. The van der Waals surface area contributed by atoms with Crippen molar-refractivity contribution in [1.29, 1.82) is 0 Å². The van der Waals surface area contributed by atoms with Crippen molar-refractivity contribution in [2.45, 2.75) is 59.7 Å². The van der Waals surface area contributed by atoms with Gasteiger partial charge in [0.05, 0.1) is 11.9 Å². The Morgan fingerprint density at radius 3 is 2.18 bits per heavy atom. The van der Waals surface area contributed by atoms with Gasteiger partial charge in [0.15, 0.2) is 0 Å². The van der Waals surface area contributed by atoms with Crippen LogP contribution in [0.25, 0.3) is 0 Å². The zero-order valence-corrected chi connectivity index (χ0v) is 22.4. The summed E-state index contributed by atoms with van der Waals surface area (Å²) in [6.07, 6.45) is 1.04. The van der Waals surface area contributed by atoms with Gasteiger partial charge in [-0.05, 0) is 64.8 Å². The molecule has 1 atom stereocenters. The summed E-state index contributed by atoms with van der Waals surface area (Å²) in [6, 6.07) is 11.7. The summed E-state index contributed by atoms with van der Waals surface area (Å²) < 4.78 is 26.4. The van der Waals surface area contributed by atoms with Crippen LogP contribution < -0.4 is 9.62 Å². The Labute approximate surface area is 208 Å². The van der Waals surface area contributed by atoms with Crippen LogP contribution in [0, 0.1) is 13.8 Å². The number of sulfonamides is 1. The van der Waals surface area contributed by atoms with E-state index in [0.29, 0.717) is 16.3 Å². The predicted octanol–water partition coefficient (Wildman–Crippen LogP) is 4.05. The van der Waals surface area contributed by atoms with E-state index in [2.05, 4.69) is 5.32 Å². The van der Waals surface area contributed by atoms with Gasteiger partial charge in [0.1, 0.15) is 12.6 Å². The molecule has 1 N–H and O–H groups in total. The lowest BCUT2D eigenvalue weighted by atomic mass is 10.1. The van der Waals surface area contributed by atoms with Gasteiger partial charge in [-0.1, -0.05) is 47.5 Å². The van der Waals surface area contributed by atoms with Crippen LogP contribution in [0.15, 0.2) is 42.5 Å². The molecule has 0 radical (unpaired) electrons. The summed E-state index contributed by atoms with van der Waals surface area (Å²) in [5.41, 5.74) is 2.29. The minimum absolute atomic E-state index is 0.157. The summed E-state index contributed by atoms with van der Waals surface area (Å²) in [7, 11) is -3.81. The van der Waals surface area contributed by atoms with Crippen molar-refractivity contribution in [3.8, 4) is 0 Å². The normalized spacial score (nSPS) is 12.7. The average Bonchev–Trinajstić information content (AvgIpc) is 2.71. The number of nitrogens with one attached hydrogen (secondary N) is 1. The Morgan fingerprint density at radius 1 is 1.06 bits per heavy atom. The van der Waals surface area contributed by atoms with Gasteiger partial charge >= 0.3 is 0 Å². The van der Waals surface area contributed by atoms with E-state index in [1.807, 2.05) is 52.0 Å². The first-order chi connectivity index (χ1) is 15.6. The third kappa shape index (κ3) is 7.46. The molecular weight excluding hydrogens is 474 g/mol. The molecule has 0 bridgehead atoms. The molecule has 0 aliphatic rings. The summed E-state index contributed by atoms with van der Waals surface area (Å²) in [5.74, 6) is -0.820. The molecule has 34 heavy (non-hydrogen) atoms. The molecule has 2 aromatic carbocycles. The maximum atomic E-state index is 13.6. The number of aryl methyl sites for hydroxylation is 1. The first kappa shape index (κ1) is 27.7. The summed E-state index contributed by atoms with van der Waals surface area (Å²) >= 11 is 6.21. The van der Waals surface area contributed by atoms with E-state index in [1.54, 1.807) is 32.0 Å². The molecule has 0 aliphatic heterocycles. The number of halogens is 1. The molecular formula is C25H34ClN3O4S. The number of hydrogen-bond acceptors (Lipinski definition) is 4. The lowest BCUT2D eigenvalue weighted by Gasteiger charge is -2.33. The van der Waals surface area contributed by atoms with Crippen molar-refractivity contribution in [2.75, 3.05) is 17.1 Å². The highest BCUT2D eigenvalue weighted by Gasteiger charge is 2.31. The van der Waals surface area contributed by atoms with Crippen LogP contribution in [0.5, 0.6) is 0 Å². The zero-order chi connectivity index (χ0) is 25.8. The molecule has 0 aliphatic carbocycles. The molecule has 2 amide bonds. The SMILES string of the molecule is Cc1ccc(CN(C(=O)CN(c2cccc(Cl)c2C)S(C)(=O)=O)[C@@H](C)C(=O)NC(C)(C)C)cc1. The van der Waals surface area contributed by atoms with E-state index in [4.69, 9.17) is 11.6 Å². The number of rotatable bonds is 8. The van der Waals surface area contributed by atoms with Crippen LogP contribution in [0.4, 0.5) is 5.69 Å². The molecule has 9 heteroatoms. The average molecular weight is 508 g/mol. The number of carbonyl (C=O) groups is 2.